The second kappa shape index (κ2) is 23.2. The van der Waals surface area contributed by atoms with Gasteiger partial charge < -0.3 is 35.2 Å². The van der Waals surface area contributed by atoms with Gasteiger partial charge in [0.2, 0.25) is 23.6 Å². The van der Waals surface area contributed by atoms with Gasteiger partial charge in [-0.3, -0.25) is 24.0 Å². The molecular weight excluding hydrogens is 743 g/mol. The summed E-state index contributed by atoms with van der Waals surface area (Å²) in [6.07, 6.45) is 5.62. The molecule has 0 bridgehead atoms. The fraction of sp³-hybridized carbons (Fsp3) is 0.568. The Balaban J connectivity index is 2.62. The molecule has 1 aromatic carbocycles. The molecule has 3 N–H and O–H groups in total. The van der Waals surface area contributed by atoms with Crippen LogP contribution >= 0.6 is 0 Å². The van der Waals surface area contributed by atoms with Gasteiger partial charge >= 0.3 is 11.9 Å². The van der Waals surface area contributed by atoms with E-state index in [-0.39, 0.29) is 36.2 Å². The Kier molecular flexibility index (Phi) is 19.6. The number of amides is 5. The summed E-state index contributed by atoms with van der Waals surface area (Å²) in [6, 6.07) is 4.72. The molecule has 0 radical (unpaired) electrons. The number of hydrogen-bond donors (Lipinski definition) is 3. The number of carbonyl (C=O) groups excluding carboxylic acids is 7. The number of benzene rings is 1. The zero-order valence-electron chi connectivity index (χ0n) is 36.3. The predicted octanol–water partition coefficient (Wildman–Crippen LogP) is 4.04. The minimum absolute atomic E-state index is 0.0470. The van der Waals surface area contributed by atoms with Gasteiger partial charge in [0, 0.05) is 32.0 Å². The van der Waals surface area contributed by atoms with Gasteiger partial charge in [-0.05, 0) is 64.0 Å². The number of esters is 2. The highest BCUT2D eigenvalue weighted by atomic mass is 16.6. The average molecular weight is 808 g/mol. The highest BCUT2D eigenvalue weighted by Crippen LogP contribution is 2.20. The summed E-state index contributed by atoms with van der Waals surface area (Å²) in [7, 11) is 2.88. The van der Waals surface area contributed by atoms with Crippen LogP contribution in [0.3, 0.4) is 0 Å². The first-order chi connectivity index (χ1) is 27.2. The van der Waals surface area contributed by atoms with E-state index in [1.165, 1.54) is 43.8 Å². The molecule has 8 atom stereocenters. The normalized spacial score (nSPS) is 28.1. The first kappa shape index (κ1) is 48.9. The zero-order valence-corrected chi connectivity index (χ0v) is 36.3. The number of nitrogens with one attached hydrogen (secondary N) is 3. The van der Waals surface area contributed by atoms with Gasteiger partial charge in [-0.15, -0.1) is 0 Å². The van der Waals surface area contributed by atoms with Gasteiger partial charge in [-0.25, -0.2) is 9.59 Å². The maximum absolute atomic E-state index is 14.1. The van der Waals surface area contributed by atoms with E-state index >= 15 is 0 Å². The lowest BCUT2D eigenvalue weighted by atomic mass is 9.97. The molecule has 0 aliphatic carbocycles. The Morgan fingerprint density at radius 3 is 2.09 bits per heavy atom. The molecule has 2 rings (SSSR count). The molecule has 0 aromatic heterocycles. The van der Waals surface area contributed by atoms with E-state index < -0.39 is 84.4 Å². The van der Waals surface area contributed by atoms with E-state index in [4.69, 9.17) is 9.47 Å². The number of allylic oxidation sites excluding steroid dienone is 3. The van der Waals surface area contributed by atoms with Gasteiger partial charge in [0.05, 0.1) is 6.54 Å². The molecular formula is C44H65N5O9. The monoisotopic (exact) mass is 807 g/mol. The number of hydrogen-bond acceptors (Lipinski definition) is 9. The van der Waals surface area contributed by atoms with E-state index in [0.29, 0.717) is 6.42 Å². The van der Waals surface area contributed by atoms with Crippen LogP contribution in [0.2, 0.25) is 0 Å². The van der Waals surface area contributed by atoms with Crippen LogP contribution in [-0.2, 0) is 49.5 Å². The van der Waals surface area contributed by atoms with E-state index in [2.05, 4.69) is 16.0 Å². The molecule has 1 aliphatic heterocycles. The van der Waals surface area contributed by atoms with Crippen LogP contribution in [0.4, 0.5) is 0 Å². The summed E-state index contributed by atoms with van der Waals surface area (Å²) in [6.45, 7) is 16.9. The van der Waals surface area contributed by atoms with Crippen molar-refractivity contribution in [2.75, 3.05) is 20.6 Å². The molecule has 1 heterocycles. The standard InChI is InChI=1S/C44H65N5O9/c1-13-27(5)37-40(52)46-32(10)44(56)58-38(28(6)14-2)29(7)19-18-20-30(8)43(55)57-35(23-26(3)4)39(51)45-31(9)41(53)49(12)34(24-33-21-16-15-17-22-33)42(54)48(11)25-36(50)47-37/h14-22,26-27,29,31-32,34-35,37-38H,13,23-25H2,1-12H3,(H,45,51)(H,46,52)(H,47,50)/b19-18+,28-14+,30-20+/t27?,29-,31-,32+,34+,35+,37?,38+/m0/s1. The van der Waals surface area contributed by atoms with Crippen molar-refractivity contribution in [3.63, 3.8) is 0 Å². The van der Waals surface area contributed by atoms with Crippen molar-refractivity contribution in [2.45, 2.75) is 125 Å². The third-order valence-electron chi connectivity index (χ3n) is 10.3. The SMILES string of the molecule is C/C=C(\C)[C@H]1OC(=O)[C@@H](C)NC(=O)C(C(C)CC)NC(=O)CN(C)C(=O)[C@@H](Cc2ccccc2)N(C)C(=O)[C@H](C)NC(=O)[C@@H](CC(C)C)OC(=O)/C(C)=C/C=C/[C@@H]1C. The molecule has 58 heavy (non-hydrogen) atoms. The van der Waals surface area contributed by atoms with Crippen LogP contribution < -0.4 is 16.0 Å². The minimum Gasteiger partial charge on any atom is -0.456 e. The van der Waals surface area contributed by atoms with Crippen LogP contribution in [0.25, 0.3) is 0 Å². The summed E-state index contributed by atoms with van der Waals surface area (Å²) in [5.41, 5.74) is 1.71. The van der Waals surface area contributed by atoms with Gasteiger partial charge in [0.25, 0.3) is 5.91 Å². The van der Waals surface area contributed by atoms with E-state index in [1.54, 1.807) is 38.1 Å². The summed E-state index contributed by atoms with van der Waals surface area (Å²) in [5, 5.41) is 8.10. The van der Waals surface area contributed by atoms with Crippen molar-refractivity contribution in [3.8, 4) is 0 Å². The van der Waals surface area contributed by atoms with Gasteiger partial charge in [0.1, 0.15) is 30.3 Å². The van der Waals surface area contributed by atoms with Crippen molar-refractivity contribution >= 4 is 41.5 Å². The molecule has 14 nitrogen and oxygen atoms in total. The lowest BCUT2D eigenvalue weighted by molar-refractivity contribution is -0.154. The largest absolute Gasteiger partial charge is 0.456 e. The van der Waals surface area contributed by atoms with Gasteiger partial charge in [0.15, 0.2) is 6.10 Å². The molecule has 2 unspecified atom stereocenters. The molecule has 1 aliphatic rings. The average Bonchev–Trinajstić information content (AvgIpc) is 3.18. The second-order valence-corrected chi connectivity index (χ2v) is 15.7. The molecule has 1 aromatic rings. The first-order valence-electron chi connectivity index (χ1n) is 20.1. The zero-order chi connectivity index (χ0) is 43.9. The first-order valence-corrected chi connectivity index (χ1v) is 20.1. The number of nitrogens with zero attached hydrogens (tertiary/aromatic N) is 2. The van der Waals surface area contributed by atoms with Crippen LogP contribution in [0, 0.1) is 17.8 Å². The highest BCUT2D eigenvalue weighted by Gasteiger charge is 2.36. The fourth-order valence-corrected chi connectivity index (χ4v) is 6.29. The molecule has 320 valence electrons. The van der Waals surface area contributed by atoms with Crippen molar-refractivity contribution < 1.29 is 43.0 Å². The molecule has 0 saturated heterocycles. The Bertz CT molecular complexity index is 1710. The summed E-state index contributed by atoms with van der Waals surface area (Å²) in [4.78, 5) is 97.8. The smallest absolute Gasteiger partial charge is 0.334 e. The van der Waals surface area contributed by atoms with Crippen molar-refractivity contribution in [1.82, 2.24) is 25.8 Å². The van der Waals surface area contributed by atoms with Crippen LogP contribution in [0.5, 0.6) is 0 Å². The molecule has 5 amide bonds. The topological polar surface area (TPSA) is 181 Å². The summed E-state index contributed by atoms with van der Waals surface area (Å²) >= 11 is 0. The Hall–Kier alpha value is -5.27. The van der Waals surface area contributed by atoms with Crippen molar-refractivity contribution in [2.24, 2.45) is 17.8 Å². The van der Waals surface area contributed by atoms with Crippen LogP contribution in [0.1, 0.15) is 87.6 Å². The van der Waals surface area contributed by atoms with Gasteiger partial charge in [-0.1, -0.05) is 95.7 Å². The lowest BCUT2D eigenvalue weighted by Gasteiger charge is -2.33. The van der Waals surface area contributed by atoms with Crippen molar-refractivity contribution in [3.05, 3.63) is 71.3 Å². The van der Waals surface area contributed by atoms with E-state index in [0.717, 1.165) is 11.1 Å². The molecule has 0 fully saturated rings. The quantitative estimate of drug-likeness (QED) is 0.271. The van der Waals surface area contributed by atoms with E-state index in [1.807, 2.05) is 65.8 Å². The third kappa shape index (κ3) is 14.6. The van der Waals surface area contributed by atoms with E-state index in [9.17, 15) is 33.6 Å². The number of carbonyl (C=O) groups is 7. The second-order valence-electron chi connectivity index (χ2n) is 15.7. The Morgan fingerprint density at radius 2 is 1.50 bits per heavy atom. The number of likely N-dealkylation sites (N-methyl/N-ethyl adjacent to an activating group) is 2. The Morgan fingerprint density at radius 1 is 0.879 bits per heavy atom. The molecule has 0 spiro atoms. The molecule has 14 heteroatoms. The van der Waals surface area contributed by atoms with Crippen LogP contribution in [-0.4, -0.2) is 108 Å². The lowest BCUT2D eigenvalue weighted by Crippen LogP contribution is -2.57. The summed E-state index contributed by atoms with van der Waals surface area (Å²) < 4.78 is 11.6. The van der Waals surface area contributed by atoms with Crippen molar-refractivity contribution in [1.29, 1.82) is 0 Å². The fourth-order valence-electron chi connectivity index (χ4n) is 6.29. The minimum atomic E-state index is -1.22. The maximum Gasteiger partial charge on any atom is 0.334 e. The Labute approximate surface area is 344 Å². The molecule has 0 saturated carbocycles. The number of ether oxygens (including phenoxy) is 2. The van der Waals surface area contributed by atoms with Crippen LogP contribution in [0.15, 0.2) is 65.8 Å². The van der Waals surface area contributed by atoms with Gasteiger partial charge in [-0.2, -0.15) is 0 Å². The number of cyclic esters (lactones) is 2. The third-order valence-corrected chi connectivity index (χ3v) is 10.3. The summed E-state index contributed by atoms with van der Waals surface area (Å²) in [5.74, 6) is -5.21. The highest BCUT2D eigenvalue weighted by molar-refractivity contribution is 5.96. The predicted molar refractivity (Wildman–Crippen MR) is 222 cm³/mol. The number of rotatable bonds is 7. The maximum atomic E-state index is 14.1.